The molecule has 3 heteroatoms. The summed E-state index contributed by atoms with van der Waals surface area (Å²) in [7, 11) is 0. The molecule has 0 spiro atoms. The first-order chi connectivity index (χ1) is 9.74. The maximum absolute atomic E-state index is 4.58. The molecule has 2 atom stereocenters. The third kappa shape index (κ3) is 2.78. The van der Waals surface area contributed by atoms with E-state index < -0.39 is 0 Å². The van der Waals surface area contributed by atoms with E-state index in [4.69, 9.17) is 0 Å². The van der Waals surface area contributed by atoms with Crippen LogP contribution in [0.1, 0.15) is 32.7 Å². The lowest BCUT2D eigenvalue weighted by Crippen LogP contribution is -2.39. The lowest BCUT2D eigenvalue weighted by molar-refractivity contribution is 0.160. The van der Waals surface area contributed by atoms with Crippen LogP contribution in [0.25, 0.3) is 11.1 Å². The minimum absolute atomic E-state index is 0.564. The van der Waals surface area contributed by atoms with Crippen LogP contribution in [0.5, 0.6) is 0 Å². The third-order valence-electron chi connectivity index (χ3n) is 4.21. The topological polar surface area (TPSA) is 29.9 Å². The number of hydrogen-bond acceptors (Lipinski definition) is 2. The van der Waals surface area contributed by atoms with Crippen molar-refractivity contribution in [3.05, 3.63) is 42.7 Å². The molecule has 2 unspecified atom stereocenters. The fourth-order valence-corrected chi connectivity index (χ4v) is 2.82. The van der Waals surface area contributed by atoms with Crippen molar-refractivity contribution >= 4 is 0 Å². The molecule has 1 N–H and O–H groups in total. The molecule has 20 heavy (non-hydrogen) atoms. The zero-order valence-electron chi connectivity index (χ0n) is 12.3. The summed E-state index contributed by atoms with van der Waals surface area (Å²) in [6.07, 6.45) is 6.74. The SMILES string of the molecule is CC(C)NCC1CCC1n1cc(-c2ccccc2)cn1. The van der Waals surface area contributed by atoms with Crippen LogP contribution in [0, 0.1) is 5.92 Å². The van der Waals surface area contributed by atoms with Crippen molar-refractivity contribution in [1.29, 1.82) is 0 Å². The van der Waals surface area contributed by atoms with Crippen molar-refractivity contribution in [2.75, 3.05) is 6.54 Å². The van der Waals surface area contributed by atoms with Gasteiger partial charge in [-0.05, 0) is 24.3 Å². The number of nitrogens with one attached hydrogen (secondary N) is 1. The molecule has 0 saturated heterocycles. The van der Waals surface area contributed by atoms with Crippen molar-refractivity contribution in [2.45, 2.75) is 38.8 Å². The highest BCUT2D eigenvalue weighted by Gasteiger charge is 2.32. The second-order valence-corrected chi connectivity index (χ2v) is 6.04. The minimum Gasteiger partial charge on any atom is -0.314 e. The van der Waals surface area contributed by atoms with Crippen molar-refractivity contribution in [2.24, 2.45) is 5.92 Å². The Balaban J connectivity index is 1.68. The van der Waals surface area contributed by atoms with Crippen LogP contribution in [0.4, 0.5) is 0 Å². The van der Waals surface area contributed by atoms with Gasteiger partial charge < -0.3 is 5.32 Å². The van der Waals surface area contributed by atoms with Gasteiger partial charge in [-0.25, -0.2) is 0 Å². The standard InChI is InChI=1S/C17H23N3/c1-13(2)18-10-15-8-9-17(15)20-12-16(11-19-20)14-6-4-3-5-7-14/h3-7,11-13,15,17-18H,8-10H2,1-2H3. The van der Waals surface area contributed by atoms with Gasteiger partial charge in [-0.1, -0.05) is 44.2 Å². The predicted molar refractivity (Wildman–Crippen MR) is 82.6 cm³/mol. The fourth-order valence-electron chi connectivity index (χ4n) is 2.82. The smallest absolute Gasteiger partial charge is 0.0568 e. The summed E-state index contributed by atoms with van der Waals surface area (Å²) in [5.41, 5.74) is 2.46. The molecule has 1 aliphatic rings. The molecule has 3 rings (SSSR count). The van der Waals surface area contributed by atoms with Gasteiger partial charge in [0.05, 0.1) is 12.2 Å². The number of hydrogen-bond donors (Lipinski definition) is 1. The van der Waals surface area contributed by atoms with E-state index in [1.807, 2.05) is 12.3 Å². The van der Waals surface area contributed by atoms with Gasteiger partial charge in [0.2, 0.25) is 0 Å². The highest BCUT2D eigenvalue weighted by molar-refractivity contribution is 5.61. The zero-order chi connectivity index (χ0) is 13.9. The number of benzene rings is 1. The molecule has 0 bridgehead atoms. The Morgan fingerprint density at radius 3 is 2.65 bits per heavy atom. The first-order valence-corrected chi connectivity index (χ1v) is 7.57. The monoisotopic (exact) mass is 269 g/mol. The van der Waals surface area contributed by atoms with Gasteiger partial charge in [-0.3, -0.25) is 4.68 Å². The highest BCUT2D eigenvalue weighted by atomic mass is 15.3. The zero-order valence-corrected chi connectivity index (χ0v) is 12.3. The summed E-state index contributed by atoms with van der Waals surface area (Å²) in [5.74, 6) is 0.723. The lowest BCUT2D eigenvalue weighted by atomic mass is 9.79. The molecule has 1 aliphatic carbocycles. The van der Waals surface area contributed by atoms with Crippen LogP contribution in [-0.4, -0.2) is 22.4 Å². The highest BCUT2D eigenvalue weighted by Crippen LogP contribution is 2.38. The van der Waals surface area contributed by atoms with Gasteiger partial charge in [-0.2, -0.15) is 5.10 Å². The van der Waals surface area contributed by atoms with Gasteiger partial charge in [0.15, 0.2) is 0 Å². The van der Waals surface area contributed by atoms with Crippen molar-refractivity contribution in [3.8, 4) is 11.1 Å². The van der Waals surface area contributed by atoms with Gasteiger partial charge in [0.25, 0.3) is 0 Å². The van der Waals surface area contributed by atoms with Crippen molar-refractivity contribution in [1.82, 2.24) is 15.1 Å². The number of aromatic nitrogens is 2. The molecular weight excluding hydrogens is 246 g/mol. The maximum Gasteiger partial charge on any atom is 0.0568 e. The van der Waals surface area contributed by atoms with Crippen LogP contribution in [0.2, 0.25) is 0 Å². The van der Waals surface area contributed by atoms with E-state index in [1.165, 1.54) is 24.0 Å². The summed E-state index contributed by atoms with van der Waals surface area (Å²) < 4.78 is 2.17. The lowest BCUT2D eigenvalue weighted by Gasteiger charge is -2.37. The first-order valence-electron chi connectivity index (χ1n) is 7.57. The van der Waals surface area contributed by atoms with Crippen LogP contribution >= 0.6 is 0 Å². The van der Waals surface area contributed by atoms with Gasteiger partial charge in [0.1, 0.15) is 0 Å². The van der Waals surface area contributed by atoms with E-state index in [1.54, 1.807) is 0 Å². The van der Waals surface area contributed by atoms with Gasteiger partial charge >= 0.3 is 0 Å². The van der Waals surface area contributed by atoms with E-state index in [9.17, 15) is 0 Å². The predicted octanol–water partition coefficient (Wildman–Crippen LogP) is 3.50. The van der Waals surface area contributed by atoms with Crippen LogP contribution in [0.3, 0.4) is 0 Å². The fraction of sp³-hybridized carbons (Fsp3) is 0.471. The Morgan fingerprint density at radius 1 is 1.20 bits per heavy atom. The van der Waals surface area contributed by atoms with Gasteiger partial charge in [-0.15, -0.1) is 0 Å². The molecule has 1 aromatic carbocycles. The second kappa shape index (κ2) is 5.80. The van der Waals surface area contributed by atoms with E-state index in [-0.39, 0.29) is 0 Å². The maximum atomic E-state index is 4.58. The molecular formula is C17H23N3. The summed E-state index contributed by atoms with van der Waals surface area (Å²) in [6, 6.07) is 11.6. The molecule has 2 aromatic rings. The van der Waals surface area contributed by atoms with Gasteiger partial charge in [0, 0.05) is 24.3 Å². The van der Waals surface area contributed by atoms with Crippen LogP contribution < -0.4 is 5.32 Å². The molecule has 106 valence electrons. The molecule has 0 amide bonds. The Morgan fingerprint density at radius 2 is 2.00 bits per heavy atom. The average Bonchev–Trinajstić information content (AvgIpc) is 2.87. The molecule has 1 heterocycles. The van der Waals surface area contributed by atoms with E-state index in [2.05, 4.69) is 59.4 Å². The Bertz CT molecular complexity index is 544. The van der Waals surface area contributed by atoms with E-state index >= 15 is 0 Å². The molecule has 1 saturated carbocycles. The average molecular weight is 269 g/mol. The molecule has 1 fully saturated rings. The summed E-state index contributed by atoms with van der Waals surface area (Å²) in [6.45, 7) is 5.51. The van der Waals surface area contributed by atoms with E-state index in [0.29, 0.717) is 12.1 Å². The Hall–Kier alpha value is -1.61. The Labute approximate surface area is 121 Å². The molecule has 1 aromatic heterocycles. The second-order valence-electron chi connectivity index (χ2n) is 6.04. The summed E-state index contributed by atoms with van der Waals surface area (Å²) in [5, 5.41) is 8.13. The van der Waals surface area contributed by atoms with E-state index in [0.717, 1.165) is 12.5 Å². The normalized spacial score (nSPS) is 21.9. The summed E-state index contributed by atoms with van der Waals surface area (Å²) in [4.78, 5) is 0. The molecule has 0 radical (unpaired) electrons. The number of nitrogens with zero attached hydrogens (tertiary/aromatic N) is 2. The third-order valence-corrected chi connectivity index (χ3v) is 4.21. The van der Waals surface area contributed by atoms with Crippen LogP contribution in [0.15, 0.2) is 42.7 Å². The molecule has 3 nitrogen and oxygen atoms in total. The molecule has 0 aliphatic heterocycles. The quantitative estimate of drug-likeness (QED) is 0.900. The summed E-state index contributed by atoms with van der Waals surface area (Å²) >= 11 is 0. The van der Waals surface area contributed by atoms with Crippen molar-refractivity contribution < 1.29 is 0 Å². The number of rotatable bonds is 5. The first kappa shape index (κ1) is 13.4. The Kier molecular flexibility index (Phi) is 3.88. The van der Waals surface area contributed by atoms with Crippen molar-refractivity contribution in [3.63, 3.8) is 0 Å². The largest absolute Gasteiger partial charge is 0.314 e. The minimum atomic E-state index is 0.564. The van der Waals surface area contributed by atoms with Crippen LogP contribution in [-0.2, 0) is 0 Å².